The lowest BCUT2D eigenvalue weighted by Gasteiger charge is -1.99. The van der Waals surface area contributed by atoms with Crippen LogP contribution in [0.3, 0.4) is 0 Å². The second-order valence-corrected chi connectivity index (χ2v) is 10.4. The molecule has 0 heterocycles. The molecule has 0 aromatic carbocycles. The summed E-state index contributed by atoms with van der Waals surface area (Å²) >= 11 is 0. The largest absolute Gasteiger partial charge is 0.330 e. The highest BCUT2D eigenvalue weighted by Crippen LogP contribution is 2.10. The van der Waals surface area contributed by atoms with Crippen LogP contribution in [0.1, 0.15) is 174 Å². The van der Waals surface area contributed by atoms with Gasteiger partial charge in [-0.1, -0.05) is 134 Å². The number of unbranched alkanes of at least 4 members (excludes halogenated alkanes) is 21. The maximum absolute atomic E-state index is 5.47. The van der Waals surface area contributed by atoms with Crippen molar-refractivity contribution in [2.75, 3.05) is 13.1 Å². The van der Waals surface area contributed by atoms with Crippen molar-refractivity contribution in [1.82, 2.24) is 0 Å². The van der Waals surface area contributed by atoms with Crippen molar-refractivity contribution in [1.29, 1.82) is 0 Å². The molecule has 0 radical (unpaired) electrons. The monoisotopic (exact) mass is 493 g/mol. The average Bonchev–Trinajstić information content (AvgIpc) is 2.87. The molecule has 0 atom stereocenters. The van der Waals surface area contributed by atoms with Gasteiger partial charge in [-0.3, -0.25) is 0 Å². The van der Waals surface area contributed by atoms with E-state index < -0.39 is 0 Å². The zero-order chi connectivity index (χ0) is 25.9. The highest BCUT2D eigenvalue weighted by atomic mass is 14.5. The van der Waals surface area contributed by atoms with E-state index in [1.54, 1.807) is 0 Å². The van der Waals surface area contributed by atoms with Gasteiger partial charge in [0, 0.05) is 0 Å². The minimum absolute atomic E-state index is 0.862. The van der Waals surface area contributed by atoms with Crippen LogP contribution in [0, 0.1) is 0 Å². The average molecular weight is 493 g/mol. The Balaban J connectivity index is 0. The maximum atomic E-state index is 5.47. The van der Waals surface area contributed by atoms with E-state index in [2.05, 4.69) is 38.2 Å². The molecule has 0 aromatic rings. The molecule has 0 aromatic heterocycles. The van der Waals surface area contributed by atoms with E-state index in [9.17, 15) is 0 Å². The van der Waals surface area contributed by atoms with Crippen LogP contribution in [0.2, 0.25) is 0 Å². The molecule has 210 valence electrons. The molecule has 0 aliphatic carbocycles. The Morgan fingerprint density at radius 1 is 0.314 bits per heavy atom. The zero-order valence-corrected chi connectivity index (χ0v) is 24.6. The van der Waals surface area contributed by atoms with Crippen molar-refractivity contribution >= 4 is 0 Å². The highest BCUT2D eigenvalue weighted by Gasteiger charge is 1.91. The van der Waals surface area contributed by atoms with E-state index in [4.69, 9.17) is 11.5 Å². The SMILES string of the molecule is CCCCCCC=CCCCCCCCCN.CCCCCCCC=CCCCCCCCCN. The van der Waals surface area contributed by atoms with Gasteiger partial charge in [-0.05, 0) is 77.3 Å². The number of nitrogens with two attached hydrogens (primary N) is 2. The fraction of sp³-hybridized carbons (Fsp3) is 0.879. The minimum atomic E-state index is 0.862. The molecule has 0 saturated carbocycles. The predicted molar refractivity (Wildman–Crippen MR) is 163 cm³/mol. The van der Waals surface area contributed by atoms with Gasteiger partial charge in [0.2, 0.25) is 0 Å². The first-order chi connectivity index (χ1) is 17.3. The molecular formula is C33H68N2. The van der Waals surface area contributed by atoms with Gasteiger partial charge in [0.1, 0.15) is 0 Å². The molecule has 0 aliphatic rings. The van der Waals surface area contributed by atoms with Crippen LogP contribution in [0.5, 0.6) is 0 Å². The maximum Gasteiger partial charge on any atom is -0.00773 e. The first-order valence-corrected chi connectivity index (χ1v) is 16.0. The summed E-state index contributed by atoms with van der Waals surface area (Å²) in [6, 6.07) is 0. The summed E-state index contributed by atoms with van der Waals surface area (Å²) in [6.07, 6.45) is 43.3. The van der Waals surface area contributed by atoms with Crippen LogP contribution in [-0.4, -0.2) is 13.1 Å². The van der Waals surface area contributed by atoms with E-state index in [-0.39, 0.29) is 0 Å². The summed E-state index contributed by atoms with van der Waals surface area (Å²) in [6.45, 7) is 6.26. The molecule has 0 aliphatic heterocycles. The number of hydrogen-bond donors (Lipinski definition) is 2. The van der Waals surface area contributed by atoms with Gasteiger partial charge in [0.15, 0.2) is 0 Å². The third-order valence-electron chi connectivity index (χ3n) is 6.68. The molecule has 0 unspecified atom stereocenters. The first kappa shape index (κ1) is 36.6. The van der Waals surface area contributed by atoms with Gasteiger partial charge >= 0.3 is 0 Å². The number of rotatable bonds is 27. The van der Waals surface area contributed by atoms with Gasteiger partial charge in [-0.15, -0.1) is 0 Å². The molecule has 2 heteroatoms. The van der Waals surface area contributed by atoms with Crippen LogP contribution in [0.15, 0.2) is 24.3 Å². The van der Waals surface area contributed by atoms with Crippen LogP contribution >= 0.6 is 0 Å². The molecule has 0 amide bonds. The summed E-state index contributed by atoms with van der Waals surface area (Å²) < 4.78 is 0. The van der Waals surface area contributed by atoms with Crippen molar-refractivity contribution < 1.29 is 0 Å². The van der Waals surface area contributed by atoms with Crippen molar-refractivity contribution in [3.63, 3.8) is 0 Å². The van der Waals surface area contributed by atoms with E-state index in [1.165, 1.54) is 161 Å². The van der Waals surface area contributed by atoms with Crippen molar-refractivity contribution in [3.8, 4) is 0 Å². The molecule has 0 spiro atoms. The summed E-state index contributed by atoms with van der Waals surface area (Å²) in [5, 5.41) is 0. The molecular weight excluding hydrogens is 424 g/mol. The fourth-order valence-corrected chi connectivity index (χ4v) is 4.25. The van der Waals surface area contributed by atoms with Crippen LogP contribution in [0.25, 0.3) is 0 Å². The van der Waals surface area contributed by atoms with Gasteiger partial charge in [-0.2, -0.15) is 0 Å². The molecule has 0 fully saturated rings. The number of allylic oxidation sites excluding steroid dienone is 4. The molecule has 2 nitrogen and oxygen atoms in total. The molecule has 4 N–H and O–H groups in total. The highest BCUT2D eigenvalue weighted by molar-refractivity contribution is 4.81. The smallest absolute Gasteiger partial charge is 0.00773 e. The van der Waals surface area contributed by atoms with Gasteiger partial charge in [0.05, 0.1) is 0 Å². The second-order valence-electron chi connectivity index (χ2n) is 10.4. The Morgan fingerprint density at radius 3 is 0.829 bits per heavy atom. The van der Waals surface area contributed by atoms with Crippen molar-refractivity contribution in [2.45, 2.75) is 174 Å². The minimum Gasteiger partial charge on any atom is -0.330 e. The fourth-order valence-electron chi connectivity index (χ4n) is 4.25. The number of hydrogen-bond acceptors (Lipinski definition) is 2. The Morgan fingerprint density at radius 2 is 0.543 bits per heavy atom. The van der Waals surface area contributed by atoms with E-state index in [0.717, 1.165) is 13.1 Å². The Kier molecular flexibility index (Phi) is 39.6. The third kappa shape index (κ3) is 40.8. The zero-order valence-electron chi connectivity index (χ0n) is 24.6. The molecule has 0 rings (SSSR count). The third-order valence-corrected chi connectivity index (χ3v) is 6.68. The van der Waals surface area contributed by atoms with Crippen LogP contribution < -0.4 is 11.5 Å². The normalized spacial score (nSPS) is 11.4. The predicted octanol–water partition coefficient (Wildman–Crippen LogP) is 10.8. The van der Waals surface area contributed by atoms with Crippen molar-refractivity contribution in [3.05, 3.63) is 24.3 Å². The molecule has 0 saturated heterocycles. The first-order valence-electron chi connectivity index (χ1n) is 16.0. The van der Waals surface area contributed by atoms with Crippen molar-refractivity contribution in [2.24, 2.45) is 11.5 Å². The summed E-state index contributed by atoms with van der Waals surface area (Å²) in [5.74, 6) is 0. The molecule has 0 bridgehead atoms. The lowest BCUT2D eigenvalue weighted by molar-refractivity contribution is 0.600. The lowest BCUT2D eigenvalue weighted by Crippen LogP contribution is -1.97. The quantitative estimate of drug-likeness (QED) is 0.0884. The topological polar surface area (TPSA) is 52.0 Å². The Hall–Kier alpha value is -0.600. The summed E-state index contributed by atoms with van der Waals surface area (Å²) in [7, 11) is 0. The standard InChI is InChI=1S/C17H35N.C16H33N/c1-2-3-4-5-6-7-8-9-10-11-12-13-14-15-16-17-18;1-2-3-4-5-6-7-8-9-10-11-12-13-14-15-16-17/h8-9H,2-7,10-18H2,1H3;7-8H,2-6,9-17H2,1H3. The Bertz CT molecular complexity index is 389. The lowest BCUT2D eigenvalue weighted by atomic mass is 10.1. The van der Waals surface area contributed by atoms with E-state index >= 15 is 0 Å². The van der Waals surface area contributed by atoms with Crippen LogP contribution in [0.4, 0.5) is 0 Å². The van der Waals surface area contributed by atoms with E-state index in [0.29, 0.717) is 0 Å². The second kappa shape index (κ2) is 37.9. The van der Waals surface area contributed by atoms with Gasteiger partial charge < -0.3 is 11.5 Å². The molecule has 35 heavy (non-hydrogen) atoms. The summed E-state index contributed by atoms with van der Waals surface area (Å²) in [5.41, 5.74) is 10.9. The van der Waals surface area contributed by atoms with Gasteiger partial charge in [-0.25, -0.2) is 0 Å². The summed E-state index contributed by atoms with van der Waals surface area (Å²) in [4.78, 5) is 0. The van der Waals surface area contributed by atoms with Gasteiger partial charge in [0.25, 0.3) is 0 Å². The van der Waals surface area contributed by atoms with E-state index in [1.807, 2.05) is 0 Å². The Labute approximate surface area is 223 Å². The van der Waals surface area contributed by atoms with Crippen LogP contribution in [-0.2, 0) is 0 Å².